The Morgan fingerprint density at radius 2 is 2.07 bits per heavy atom. The van der Waals surface area contributed by atoms with Gasteiger partial charge in [0.2, 0.25) is 5.82 Å². The summed E-state index contributed by atoms with van der Waals surface area (Å²) in [4.78, 5) is 16.9. The number of hydrogen-bond acceptors (Lipinski definition) is 7. The zero-order chi connectivity index (χ0) is 20.5. The van der Waals surface area contributed by atoms with Gasteiger partial charge in [-0.1, -0.05) is 11.3 Å². The van der Waals surface area contributed by atoms with Gasteiger partial charge in [0.1, 0.15) is 24.7 Å². The van der Waals surface area contributed by atoms with Gasteiger partial charge < -0.3 is 24.9 Å². The van der Waals surface area contributed by atoms with Crippen LogP contribution in [0.15, 0.2) is 35.8 Å². The van der Waals surface area contributed by atoms with Gasteiger partial charge in [-0.2, -0.15) is 22.6 Å². The summed E-state index contributed by atoms with van der Waals surface area (Å²) in [6, 6.07) is 4.09. The van der Waals surface area contributed by atoms with Gasteiger partial charge in [-0.3, -0.25) is 0 Å². The summed E-state index contributed by atoms with van der Waals surface area (Å²) >= 11 is 1.24. The van der Waals surface area contributed by atoms with E-state index in [2.05, 4.69) is 4.98 Å². The first-order valence-corrected chi connectivity index (χ1v) is 8.84. The van der Waals surface area contributed by atoms with Crippen LogP contribution in [0.4, 0.5) is 24.8 Å². The van der Waals surface area contributed by atoms with E-state index in [0.29, 0.717) is 4.96 Å². The molecule has 28 heavy (non-hydrogen) atoms. The van der Waals surface area contributed by atoms with Gasteiger partial charge in [-0.15, -0.1) is 0 Å². The fourth-order valence-electron chi connectivity index (χ4n) is 2.58. The first kappa shape index (κ1) is 19.9. The Bertz CT molecular complexity index is 971. The molecule has 1 atom stereocenters. The van der Waals surface area contributed by atoms with E-state index in [9.17, 15) is 28.4 Å². The zero-order valence-electron chi connectivity index (χ0n) is 14.5. The maximum absolute atomic E-state index is 12.5. The van der Waals surface area contributed by atoms with Crippen LogP contribution < -0.4 is 9.64 Å². The van der Waals surface area contributed by atoms with Crippen LogP contribution >= 0.6 is 11.3 Å². The van der Waals surface area contributed by atoms with E-state index < -0.39 is 22.8 Å². The molecule has 0 aliphatic heterocycles. The summed E-state index contributed by atoms with van der Waals surface area (Å²) in [6.45, 7) is -0.224. The number of ether oxygens (including phenoxy) is 1. The number of thiazole rings is 1. The Hall–Kier alpha value is -2.86. The van der Waals surface area contributed by atoms with Crippen molar-refractivity contribution in [2.75, 3.05) is 25.1 Å². The molecule has 8 nitrogen and oxygen atoms in total. The zero-order valence-corrected chi connectivity index (χ0v) is 15.3. The normalized spacial score (nSPS) is 12.9. The molecule has 1 aromatic carbocycles. The molecule has 0 radical (unpaired) electrons. The van der Waals surface area contributed by atoms with Crippen molar-refractivity contribution in [1.82, 2.24) is 9.38 Å². The minimum absolute atomic E-state index is 0.0215. The van der Waals surface area contributed by atoms with E-state index >= 15 is 0 Å². The molecular formula is C16H15F3N4O4S. The van der Waals surface area contributed by atoms with Crippen molar-refractivity contribution >= 4 is 27.9 Å². The molecule has 1 N–H and O–H groups in total. The number of nitro groups is 1. The Morgan fingerprint density at radius 1 is 1.39 bits per heavy atom. The van der Waals surface area contributed by atoms with E-state index in [1.54, 1.807) is 12.4 Å². The molecule has 150 valence electrons. The fraction of sp³-hybridized carbons (Fsp3) is 0.312. The van der Waals surface area contributed by atoms with Gasteiger partial charge in [0.05, 0.1) is 5.56 Å². The molecule has 12 heteroatoms. The topological polar surface area (TPSA) is 93.1 Å². The lowest BCUT2D eigenvalue weighted by atomic mass is 10.2. The Balaban J connectivity index is 1.62. The number of likely N-dealkylation sites (N-methyl/N-ethyl adjacent to an activating group) is 1. The van der Waals surface area contributed by atoms with Gasteiger partial charge in [-0.25, -0.2) is 0 Å². The molecule has 2 aromatic heterocycles. The molecule has 0 amide bonds. The summed E-state index contributed by atoms with van der Waals surface area (Å²) in [5.41, 5.74) is -0.799. The van der Waals surface area contributed by atoms with Crippen molar-refractivity contribution < 1.29 is 27.9 Å². The maximum atomic E-state index is 12.5. The van der Waals surface area contributed by atoms with Crippen LogP contribution in [0.3, 0.4) is 0 Å². The minimum atomic E-state index is -4.44. The molecule has 0 spiro atoms. The third kappa shape index (κ3) is 4.17. The average molecular weight is 416 g/mol. The van der Waals surface area contributed by atoms with Crippen LogP contribution in [0.5, 0.6) is 5.75 Å². The van der Waals surface area contributed by atoms with Gasteiger partial charge in [0.25, 0.3) is 4.96 Å². The molecule has 0 aliphatic rings. The summed E-state index contributed by atoms with van der Waals surface area (Å²) in [5, 5.41) is 23.2. The predicted octanol–water partition coefficient (Wildman–Crippen LogP) is 3.20. The second kappa shape index (κ2) is 7.64. The Kier molecular flexibility index (Phi) is 5.42. The number of aliphatic hydroxyl groups is 1. The Labute approximate surface area is 160 Å². The number of anilines is 1. The predicted molar refractivity (Wildman–Crippen MR) is 95.9 cm³/mol. The summed E-state index contributed by atoms with van der Waals surface area (Å²) in [7, 11) is 1.54. The first-order valence-electron chi connectivity index (χ1n) is 7.96. The van der Waals surface area contributed by atoms with Gasteiger partial charge in [0, 0.05) is 19.0 Å². The number of aromatic nitrogens is 2. The lowest BCUT2D eigenvalue weighted by Crippen LogP contribution is -2.33. The van der Waals surface area contributed by atoms with Crippen molar-refractivity contribution in [2.45, 2.75) is 12.3 Å². The molecule has 2 heterocycles. The smallest absolute Gasteiger partial charge is 0.416 e. The SMILES string of the molecule is CN(C[C@H](O)COc1ccc(C(F)(F)F)cc1)c1nc2sccn2c1[N+](=O)[O-]. The van der Waals surface area contributed by atoms with Gasteiger partial charge >= 0.3 is 12.0 Å². The first-order chi connectivity index (χ1) is 13.2. The standard InChI is InChI=1S/C16H15F3N4O4S/c1-21(13-14(23(25)26)22-6-7-28-15(22)20-13)8-11(24)9-27-12-4-2-10(3-5-12)16(17,18)19/h2-7,11,24H,8-9H2,1H3/t11-/m0/s1. The number of imidazole rings is 1. The molecule has 3 rings (SSSR count). The van der Waals surface area contributed by atoms with Gasteiger partial charge in [0.15, 0.2) is 0 Å². The minimum Gasteiger partial charge on any atom is -0.491 e. The number of benzene rings is 1. The summed E-state index contributed by atoms with van der Waals surface area (Å²) in [6.07, 6.45) is -3.95. The quantitative estimate of drug-likeness (QED) is 0.470. The monoisotopic (exact) mass is 416 g/mol. The van der Waals surface area contributed by atoms with Crippen LogP contribution in [0.1, 0.15) is 5.56 Å². The van der Waals surface area contributed by atoms with Crippen LogP contribution in [0, 0.1) is 10.1 Å². The van der Waals surface area contributed by atoms with Gasteiger partial charge in [-0.05, 0) is 29.2 Å². The third-order valence-electron chi connectivity index (χ3n) is 3.86. The maximum Gasteiger partial charge on any atom is 0.416 e. The molecule has 0 unspecified atom stereocenters. The van der Waals surface area contributed by atoms with E-state index in [4.69, 9.17) is 4.74 Å². The lowest BCUT2D eigenvalue weighted by Gasteiger charge is -2.20. The molecule has 0 bridgehead atoms. The van der Waals surface area contributed by atoms with E-state index in [0.717, 1.165) is 24.3 Å². The molecule has 3 aromatic rings. The summed E-state index contributed by atoms with van der Waals surface area (Å²) in [5.74, 6) is 0.0585. The van der Waals surface area contributed by atoms with E-state index in [1.807, 2.05) is 0 Å². The van der Waals surface area contributed by atoms with Crippen LogP contribution in [0.25, 0.3) is 4.96 Å². The number of aliphatic hydroxyl groups excluding tert-OH is 1. The van der Waals surface area contributed by atoms with Crippen molar-refractivity contribution in [3.05, 3.63) is 51.5 Å². The van der Waals surface area contributed by atoms with Crippen LogP contribution in [0.2, 0.25) is 0 Å². The molecule has 0 aliphatic carbocycles. The number of nitrogens with zero attached hydrogens (tertiary/aromatic N) is 4. The highest BCUT2D eigenvalue weighted by Crippen LogP contribution is 2.31. The second-order valence-corrected chi connectivity index (χ2v) is 6.81. The number of hydrogen-bond donors (Lipinski definition) is 1. The largest absolute Gasteiger partial charge is 0.491 e. The molecule has 0 fully saturated rings. The van der Waals surface area contributed by atoms with Crippen molar-refractivity contribution in [2.24, 2.45) is 0 Å². The average Bonchev–Trinajstić information content (AvgIpc) is 3.20. The molecule has 0 saturated heterocycles. The Morgan fingerprint density at radius 3 is 2.68 bits per heavy atom. The number of alkyl halides is 3. The fourth-order valence-corrected chi connectivity index (χ4v) is 3.28. The van der Waals surface area contributed by atoms with Crippen LogP contribution in [-0.2, 0) is 6.18 Å². The van der Waals surface area contributed by atoms with Crippen molar-refractivity contribution in [1.29, 1.82) is 0 Å². The highest BCUT2D eigenvalue weighted by Gasteiger charge is 2.30. The molecular weight excluding hydrogens is 401 g/mol. The highest BCUT2D eigenvalue weighted by molar-refractivity contribution is 7.15. The number of fused-ring (bicyclic) bond motifs is 1. The second-order valence-electron chi connectivity index (χ2n) is 5.94. The lowest BCUT2D eigenvalue weighted by molar-refractivity contribution is -0.389. The molecule has 0 saturated carbocycles. The number of halogens is 3. The van der Waals surface area contributed by atoms with Crippen molar-refractivity contribution in [3.63, 3.8) is 0 Å². The van der Waals surface area contributed by atoms with E-state index in [-0.39, 0.29) is 30.5 Å². The van der Waals surface area contributed by atoms with E-state index in [1.165, 1.54) is 26.8 Å². The highest BCUT2D eigenvalue weighted by atomic mass is 32.1. The van der Waals surface area contributed by atoms with Crippen molar-refractivity contribution in [3.8, 4) is 5.75 Å². The third-order valence-corrected chi connectivity index (χ3v) is 4.62. The van der Waals surface area contributed by atoms with Crippen LogP contribution in [-0.4, -0.2) is 45.7 Å². The number of rotatable bonds is 7. The summed E-state index contributed by atoms with van der Waals surface area (Å²) < 4.78 is 44.3.